The van der Waals surface area contributed by atoms with Crippen LogP contribution in [0.4, 0.5) is 5.69 Å². The number of benzene rings is 1. The van der Waals surface area contributed by atoms with Gasteiger partial charge in [0.25, 0.3) is 5.69 Å². The minimum atomic E-state index is -0.360. The molecule has 0 N–H and O–H groups in total. The van der Waals surface area contributed by atoms with Crippen molar-refractivity contribution in [3.63, 3.8) is 0 Å². The maximum absolute atomic E-state index is 10.8. The van der Waals surface area contributed by atoms with E-state index in [4.69, 9.17) is 0 Å². The molecule has 0 radical (unpaired) electrons. The van der Waals surface area contributed by atoms with Crippen LogP contribution in [-0.4, -0.2) is 4.92 Å². The van der Waals surface area contributed by atoms with Gasteiger partial charge in [0.05, 0.1) is 10.5 Å². The number of para-hydroxylation sites is 1. The molecule has 0 aromatic heterocycles. The Bertz CT molecular complexity index is 383. The van der Waals surface area contributed by atoms with Gasteiger partial charge >= 0.3 is 0 Å². The van der Waals surface area contributed by atoms with Gasteiger partial charge in [0.2, 0.25) is 0 Å². The minimum Gasteiger partial charge on any atom is -0.258 e. The highest BCUT2D eigenvalue weighted by Gasteiger charge is 2.14. The molecule has 3 nitrogen and oxygen atoms in total. The SMILES string of the molecule is C=C(CC(C)C)c1ccccc1[N+](=O)[O-]. The first-order chi connectivity index (χ1) is 7.02. The van der Waals surface area contributed by atoms with Crippen molar-refractivity contribution in [1.82, 2.24) is 0 Å². The normalized spacial score (nSPS) is 10.3. The van der Waals surface area contributed by atoms with E-state index in [1.807, 2.05) is 0 Å². The second kappa shape index (κ2) is 4.73. The summed E-state index contributed by atoms with van der Waals surface area (Å²) in [5, 5.41) is 10.8. The van der Waals surface area contributed by atoms with Crippen molar-refractivity contribution in [2.24, 2.45) is 5.92 Å². The predicted octanol–water partition coefficient (Wildman–Crippen LogP) is 3.65. The molecule has 0 saturated heterocycles. The number of hydrogen-bond donors (Lipinski definition) is 0. The van der Waals surface area contributed by atoms with Gasteiger partial charge in [-0.3, -0.25) is 10.1 Å². The lowest BCUT2D eigenvalue weighted by Gasteiger charge is -2.08. The van der Waals surface area contributed by atoms with Gasteiger partial charge in [-0.1, -0.05) is 32.6 Å². The molecule has 0 fully saturated rings. The van der Waals surface area contributed by atoms with Crippen LogP contribution < -0.4 is 0 Å². The fraction of sp³-hybridized carbons (Fsp3) is 0.333. The Labute approximate surface area is 89.6 Å². The molecule has 0 aliphatic rings. The summed E-state index contributed by atoms with van der Waals surface area (Å²) in [6.07, 6.45) is 0.783. The molecule has 0 atom stereocenters. The van der Waals surface area contributed by atoms with Crippen molar-refractivity contribution in [2.45, 2.75) is 20.3 Å². The van der Waals surface area contributed by atoms with Gasteiger partial charge in [-0.15, -0.1) is 0 Å². The van der Waals surface area contributed by atoms with E-state index in [9.17, 15) is 10.1 Å². The lowest BCUT2D eigenvalue weighted by molar-refractivity contribution is -0.385. The summed E-state index contributed by atoms with van der Waals surface area (Å²) in [6, 6.07) is 6.74. The van der Waals surface area contributed by atoms with E-state index in [1.54, 1.807) is 18.2 Å². The van der Waals surface area contributed by atoms with E-state index in [1.165, 1.54) is 6.07 Å². The molecule has 0 bridgehead atoms. The number of allylic oxidation sites excluding steroid dienone is 1. The molecule has 1 aromatic rings. The highest BCUT2D eigenvalue weighted by Crippen LogP contribution is 2.28. The molecular weight excluding hydrogens is 190 g/mol. The van der Waals surface area contributed by atoms with Gasteiger partial charge in [-0.2, -0.15) is 0 Å². The molecule has 0 amide bonds. The second-order valence-electron chi connectivity index (χ2n) is 3.98. The van der Waals surface area contributed by atoms with Crippen molar-refractivity contribution >= 4 is 11.3 Å². The quantitative estimate of drug-likeness (QED) is 0.556. The minimum absolute atomic E-state index is 0.142. The third-order valence-electron chi connectivity index (χ3n) is 2.14. The average molecular weight is 205 g/mol. The predicted molar refractivity (Wildman–Crippen MR) is 61.6 cm³/mol. The van der Waals surface area contributed by atoms with Crippen molar-refractivity contribution in [1.29, 1.82) is 0 Å². The largest absolute Gasteiger partial charge is 0.276 e. The van der Waals surface area contributed by atoms with Crippen LogP contribution in [0.2, 0.25) is 0 Å². The van der Waals surface area contributed by atoms with E-state index in [0.717, 1.165) is 12.0 Å². The summed E-state index contributed by atoms with van der Waals surface area (Å²) in [5.41, 5.74) is 1.62. The van der Waals surface area contributed by atoms with E-state index < -0.39 is 0 Å². The van der Waals surface area contributed by atoms with Gasteiger partial charge in [-0.05, 0) is 24.0 Å². The summed E-state index contributed by atoms with van der Waals surface area (Å²) in [7, 11) is 0. The Morgan fingerprint density at radius 3 is 2.60 bits per heavy atom. The molecule has 0 spiro atoms. The fourth-order valence-electron chi connectivity index (χ4n) is 1.53. The molecule has 0 saturated carbocycles. The van der Waals surface area contributed by atoms with Gasteiger partial charge in [-0.25, -0.2) is 0 Å². The number of rotatable bonds is 4. The average Bonchev–Trinajstić information content (AvgIpc) is 2.16. The first kappa shape index (κ1) is 11.4. The zero-order valence-electron chi connectivity index (χ0n) is 9.06. The van der Waals surface area contributed by atoms with E-state index in [-0.39, 0.29) is 10.6 Å². The van der Waals surface area contributed by atoms with Crippen molar-refractivity contribution < 1.29 is 4.92 Å². The highest BCUT2D eigenvalue weighted by molar-refractivity contribution is 5.71. The highest BCUT2D eigenvalue weighted by atomic mass is 16.6. The maximum Gasteiger partial charge on any atom is 0.276 e. The zero-order valence-corrected chi connectivity index (χ0v) is 9.06. The number of nitro benzene ring substituents is 1. The molecule has 0 heterocycles. The van der Waals surface area contributed by atoms with Gasteiger partial charge in [0.1, 0.15) is 0 Å². The van der Waals surface area contributed by atoms with E-state index >= 15 is 0 Å². The number of nitro groups is 1. The summed E-state index contributed by atoms with van der Waals surface area (Å²) in [5.74, 6) is 0.456. The van der Waals surface area contributed by atoms with Crippen LogP contribution in [-0.2, 0) is 0 Å². The third-order valence-corrected chi connectivity index (χ3v) is 2.14. The molecule has 1 rings (SSSR count). The molecular formula is C12H15NO2. The maximum atomic E-state index is 10.8. The van der Waals surface area contributed by atoms with Crippen LogP contribution in [0.5, 0.6) is 0 Å². The first-order valence-corrected chi connectivity index (χ1v) is 4.94. The summed E-state index contributed by atoms with van der Waals surface area (Å²) in [4.78, 5) is 10.4. The van der Waals surface area contributed by atoms with E-state index in [2.05, 4.69) is 20.4 Å². The topological polar surface area (TPSA) is 43.1 Å². The van der Waals surface area contributed by atoms with Gasteiger partial charge in [0, 0.05) is 6.07 Å². The standard InChI is InChI=1S/C12H15NO2/c1-9(2)8-10(3)11-6-4-5-7-12(11)13(14)15/h4-7,9H,3,8H2,1-2H3. The molecule has 15 heavy (non-hydrogen) atoms. The van der Waals surface area contributed by atoms with Crippen LogP contribution in [0.25, 0.3) is 5.57 Å². The smallest absolute Gasteiger partial charge is 0.258 e. The van der Waals surface area contributed by atoms with Crippen LogP contribution in [0.3, 0.4) is 0 Å². The summed E-state index contributed by atoms with van der Waals surface area (Å²) in [6.45, 7) is 8.04. The molecule has 0 aliphatic heterocycles. The fourth-order valence-corrected chi connectivity index (χ4v) is 1.53. The van der Waals surface area contributed by atoms with E-state index in [0.29, 0.717) is 11.5 Å². The molecule has 1 aromatic carbocycles. The van der Waals surface area contributed by atoms with Crippen molar-refractivity contribution in [3.05, 3.63) is 46.5 Å². The molecule has 0 aliphatic carbocycles. The Morgan fingerprint density at radius 1 is 1.47 bits per heavy atom. The first-order valence-electron chi connectivity index (χ1n) is 4.94. The van der Waals surface area contributed by atoms with Crippen LogP contribution in [0, 0.1) is 16.0 Å². The number of nitrogens with zero attached hydrogens (tertiary/aromatic N) is 1. The van der Waals surface area contributed by atoms with Crippen LogP contribution in [0.15, 0.2) is 30.8 Å². The van der Waals surface area contributed by atoms with Crippen LogP contribution >= 0.6 is 0 Å². The zero-order chi connectivity index (χ0) is 11.4. The Balaban J connectivity index is 3.03. The molecule has 3 heteroatoms. The summed E-state index contributed by atoms with van der Waals surface area (Å²) >= 11 is 0. The lowest BCUT2D eigenvalue weighted by atomic mass is 9.97. The van der Waals surface area contributed by atoms with Crippen molar-refractivity contribution in [2.75, 3.05) is 0 Å². The summed E-state index contributed by atoms with van der Waals surface area (Å²) < 4.78 is 0. The van der Waals surface area contributed by atoms with Gasteiger partial charge in [0.15, 0.2) is 0 Å². The monoisotopic (exact) mass is 205 g/mol. The lowest BCUT2D eigenvalue weighted by Crippen LogP contribution is -1.96. The molecule has 0 unspecified atom stereocenters. The third kappa shape index (κ3) is 2.91. The Hall–Kier alpha value is -1.64. The number of hydrogen-bond acceptors (Lipinski definition) is 2. The molecule has 80 valence electrons. The van der Waals surface area contributed by atoms with Crippen molar-refractivity contribution in [3.8, 4) is 0 Å². The van der Waals surface area contributed by atoms with Gasteiger partial charge < -0.3 is 0 Å². The van der Waals surface area contributed by atoms with Crippen LogP contribution in [0.1, 0.15) is 25.8 Å². The second-order valence-corrected chi connectivity index (χ2v) is 3.98. The Morgan fingerprint density at radius 2 is 2.07 bits per heavy atom. The Kier molecular flexibility index (Phi) is 3.61.